The van der Waals surface area contributed by atoms with Crippen LogP contribution in [-0.4, -0.2) is 17.6 Å². The van der Waals surface area contributed by atoms with Gasteiger partial charge in [0.1, 0.15) is 5.76 Å². The monoisotopic (exact) mass is 348 g/mol. The van der Waals surface area contributed by atoms with Crippen LogP contribution in [0.4, 0.5) is 0 Å². The maximum Gasteiger partial charge on any atom is 0.227 e. The number of nitrogens with zero attached hydrogens (tertiary/aromatic N) is 1. The van der Waals surface area contributed by atoms with Crippen LogP contribution in [0.1, 0.15) is 46.9 Å². The van der Waals surface area contributed by atoms with Crippen molar-refractivity contribution in [1.82, 2.24) is 10.5 Å². The van der Waals surface area contributed by atoms with Gasteiger partial charge in [0.25, 0.3) is 0 Å². The second-order valence-electron chi connectivity index (χ2n) is 6.58. The second kappa shape index (κ2) is 8.00. The van der Waals surface area contributed by atoms with Gasteiger partial charge in [-0.25, -0.2) is 0 Å². The number of aryl methyl sites for hydroxylation is 2. The Morgan fingerprint density at radius 1 is 1.00 bits per heavy atom. The molecule has 1 atom stereocenters. The summed E-state index contributed by atoms with van der Waals surface area (Å²) < 4.78 is 5.20. The fourth-order valence-electron chi connectivity index (χ4n) is 3.39. The van der Waals surface area contributed by atoms with Crippen LogP contribution in [0.5, 0.6) is 0 Å². The van der Waals surface area contributed by atoms with E-state index >= 15 is 0 Å². The number of hydrogen-bond acceptors (Lipinski definition) is 3. The normalized spacial score (nSPS) is 12.2. The molecule has 0 aliphatic carbocycles. The molecule has 2 aromatic carbocycles. The van der Waals surface area contributed by atoms with Gasteiger partial charge in [-0.05, 0) is 31.9 Å². The lowest BCUT2D eigenvalue weighted by Gasteiger charge is -2.20. The summed E-state index contributed by atoms with van der Waals surface area (Å²) in [7, 11) is 0. The molecule has 4 heteroatoms. The number of nitrogens with one attached hydrogen (secondary N) is 1. The van der Waals surface area contributed by atoms with Crippen molar-refractivity contribution in [2.24, 2.45) is 0 Å². The van der Waals surface area contributed by atoms with Crippen molar-refractivity contribution in [1.29, 1.82) is 0 Å². The first-order valence-corrected chi connectivity index (χ1v) is 8.88. The molecule has 0 fully saturated rings. The van der Waals surface area contributed by atoms with Crippen LogP contribution in [0.3, 0.4) is 0 Å². The van der Waals surface area contributed by atoms with E-state index in [1.807, 2.05) is 57.2 Å². The molecule has 26 heavy (non-hydrogen) atoms. The van der Waals surface area contributed by atoms with Gasteiger partial charge in [0.05, 0.1) is 11.6 Å². The maximum absolute atomic E-state index is 12.7. The quantitative estimate of drug-likeness (QED) is 0.721. The molecule has 0 unspecified atom stereocenters. The Morgan fingerprint density at radius 3 is 2.00 bits per heavy atom. The molecule has 0 spiro atoms. The molecule has 0 aliphatic heterocycles. The predicted octanol–water partition coefficient (Wildman–Crippen LogP) is 4.34. The summed E-state index contributed by atoms with van der Waals surface area (Å²) in [5, 5.41) is 7.07. The molecule has 0 bridgehead atoms. The average molecular weight is 348 g/mol. The molecule has 3 rings (SSSR count). The van der Waals surface area contributed by atoms with Crippen LogP contribution >= 0.6 is 0 Å². The van der Waals surface area contributed by atoms with Gasteiger partial charge >= 0.3 is 0 Å². The summed E-state index contributed by atoms with van der Waals surface area (Å²) in [4.78, 5) is 12.7. The zero-order valence-electron chi connectivity index (χ0n) is 15.4. The highest BCUT2D eigenvalue weighted by Crippen LogP contribution is 2.26. The Balaban J connectivity index is 1.77. The van der Waals surface area contributed by atoms with Crippen LogP contribution in [0.2, 0.25) is 0 Å². The first-order valence-electron chi connectivity index (χ1n) is 8.88. The number of rotatable bonds is 6. The predicted molar refractivity (Wildman–Crippen MR) is 102 cm³/mol. The van der Waals surface area contributed by atoms with Crippen LogP contribution in [0, 0.1) is 13.8 Å². The standard InChI is InChI=1S/C22H24N2O2/c1-15(21-16(2)24-26-17(21)3)22(25)23-14-20(18-10-6-4-7-11-18)19-12-8-5-9-13-19/h4-13,15,20H,14H2,1-3H3,(H,23,25)/t15-/m0/s1. The first-order chi connectivity index (χ1) is 12.6. The highest BCUT2D eigenvalue weighted by atomic mass is 16.5. The summed E-state index contributed by atoms with van der Waals surface area (Å²) in [6, 6.07) is 20.5. The van der Waals surface area contributed by atoms with E-state index < -0.39 is 0 Å². The van der Waals surface area contributed by atoms with Gasteiger partial charge in [-0.1, -0.05) is 65.8 Å². The molecule has 4 nitrogen and oxygen atoms in total. The molecule has 1 heterocycles. The van der Waals surface area contributed by atoms with Crippen LogP contribution in [-0.2, 0) is 4.79 Å². The average Bonchev–Trinajstić information content (AvgIpc) is 3.01. The molecule has 1 aromatic heterocycles. The van der Waals surface area contributed by atoms with Gasteiger partial charge < -0.3 is 9.84 Å². The third kappa shape index (κ3) is 3.85. The van der Waals surface area contributed by atoms with E-state index in [1.165, 1.54) is 11.1 Å². The number of aromatic nitrogens is 1. The van der Waals surface area contributed by atoms with Crippen LogP contribution in [0.15, 0.2) is 65.2 Å². The Labute approximate surface area is 154 Å². The zero-order chi connectivity index (χ0) is 18.5. The fourth-order valence-corrected chi connectivity index (χ4v) is 3.39. The summed E-state index contributed by atoms with van der Waals surface area (Å²) >= 11 is 0. The Bertz CT molecular complexity index is 797. The van der Waals surface area contributed by atoms with Crippen LogP contribution < -0.4 is 5.32 Å². The minimum Gasteiger partial charge on any atom is -0.361 e. The van der Waals surface area contributed by atoms with Crippen molar-refractivity contribution < 1.29 is 9.32 Å². The van der Waals surface area contributed by atoms with E-state index in [0.717, 1.165) is 11.3 Å². The Kier molecular flexibility index (Phi) is 5.52. The van der Waals surface area contributed by atoms with Gasteiger partial charge in [-0.2, -0.15) is 0 Å². The minimum atomic E-state index is -0.298. The number of benzene rings is 2. The number of carbonyl (C=O) groups excluding carboxylic acids is 1. The van der Waals surface area contributed by atoms with Gasteiger partial charge in [0, 0.05) is 18.0 Å². The minimum absolute atomic E-state index is 0.0173. The number of amides is 1. The molecule has 0 radical (unpaired) electrons. The van der Waals surface area contributed by atoms with Gasteiger partial charge in [-0.3, -0.25) is 4.79 Å². The molecule has 0 saturated carbocycles. The molecule has 134 valence electrons. The van der Waals surface area contributed by atoms with E-state index in [-0.39, 0.29) is 17.7 Å². The molecular formula is C22H24N2O2. The Hall–Kier alpha value is -2.88. The van der Waals surface area contributed by atoms with E-state index in [4.69, 9.17) is 4.52 Å². The number of carbonyl (C=O) groups is 1. The molecule has 0 aliphatic rings. The highest BCUT2D eigenvalue weighted by Gasteiger charge is 2.24. The molecule has 1 N–H and O–H groups in total. The van der Waals surface area contributed by atoms with Gasteiger partial charge in [0.15, 0.2) is 0 Å². The largest absolute Gasteiger partial charge is 0.361 e. The van der Waals surface area contributed by atoms with Crippen molar-refractivity contribution in [3.05, 3.63) is 88.8 Å². The maximum atomic E-state index is 12.7. The fraction of sp³-hybridized carbons (Fsp3) is 0.273. The first kappa shape index (κ1) is 17.9. The van der Waals surface area contributed by atoms with E-state index in [2.05, 4.69) is 34.7 Å². The van der Waals surface area contributed by atoms with Gasteiger partial charge in [0.2, 0.25) is 5.91 Å². The zero-order valence-corrected chi connectivity index (χ0v) is 15.4. The van der Waals surface area contributed by atoms with Crippen molar-refractivity contribution in [2.75, 3.05) is 6.54 Å². The third-order valence-electron chi connectivity index (χ3n) is 4.80. The molecular weight excluding hydrogens is 324 g/mol. The molecule has 0 saturated heterocycles. The Morgan fingerprint density at radius 2 is 1.54 bits per heavy atom. The lowest BCUT2D eigenvalue weighted by molar-refractivity contribution is -0.122. The topological polar surface area (TPSA) is 55.1 Å². The van der Waals surface area contributed by atoms with Crippen molar-refractivity contribution in [2.45, 2.75) is 32.6 Å². The molecule has 1 amide bonds. The smallest absolute Gasteiger partial charge is 0.227 e. The summed E-state index contributed by atoms with van der Waals surface area (Å²) in [6.45, 7) is 6.14. The summed E-state index contributed by atoms with van der Waals surface area (Å²) in [5.74, 6) is 0.496. The summed E-state index contributed by atoms with van der Waals surface area (Å²) in [5.41, 5.74) is 4.01. The van der Waals surface area contributed by atoms with E-state index in [1.54, 1.807) is 0 Å². The SMILES string of the molecule is Cc1noc(C)c1[C@H](C)C(=O)NCC(c1ccccc1)c1ccccc1. The lowest BCUT2D eigenvalue weighted by atomic mass is 9.91. The third-order valence-corrected chi connectivity index (χ3v) is 4.80. The van der Waals surface area contributed by atoms with Gasteiger partial charge in [-0.15, -0.1) is 0 Å². The van der Waals surface area contributed by atoms with Crippen molar-refractivity contribution >= 4 is 5.91 Å². The number of hydrogen-bond donors (Lipinski definition) is 1. The summed E-state index contributed by atoms with van der Waals surface area (Å²) in [6.07, 6.45) is 0. The highest BCUT2D eigenvalue weighted by molar-refractivity contribution is 5.83. The van der Waals surface area contributed by atoms with Crippen molar-refractivity contribution in [3.8, 4) is 0 Å². The van der Waals surface area contributed by atoms with Crippen LogP contribution in [0.25, 0.3) is 0 Å². The lowest BCUT2D eigenvalue weighted by Crippen LogP contribution is -2.32. The van der Waals surface area contributed by atoms with E-state index in [9.17, 15) is 4.79 Å². The molecule has 3 aromatic rings. The van der Waals surface area contributed by atoms with E-state index in [0.29, 0.717) is 12.3 Å². The second-order valence-corrected chi connectivity index (χ2v) is 6.58. The van der Waals surface area contributed by atoms with Crippen molar-refractivity contribution in [3.63, 3.8) is 0 Å².